The zero-order chi connectivity index (χ0) is 33.2. The number of fused-ring (bicyclic) bond motifs is 1. The number of amides is 2. The Morgan fingerprint density at radius 2 is 1.52 bits per heavy atom. The van der Waals surface area contributed by atoms with Crippen molar-refractivity contribution in [3.8, 4) is 0 Å². The number of thioether (sulfide) groups is 1. The summed E-state index contributed by atoms with van der Waals surface area (Å²) in [4.78, 5) is 55.4. The van der Waals surface area contributed by atoms with E-state index < -0.39 is 40.7 Å². The van der Waals surface area contributed by atoms with Crippen molar-refractivity contribution in [2.75, 3.05) is 13.3 Å². The van der Waals surface area contributed by atoms with Crippen LogP contribution in [0.25, 0.3) is 0 Å². The molecule has 3 rings (SSSR count). The summed E-state index contributed by atoms with van der Waals surface area (Å²) in [6, 6.07) is 5.82. The first-order valence-corrected chi connectivity index (χ1v) is 22.6. The van der Waals surface area contributed by atoms with Crippen molar-refractivity contribution in [2.45, 2.75) is 136 Å². The molecule has 250 valence electrons. The van der Waals surface area contributed by atoms with E-state index in [-0.39, 0.29) is 46.7 Å². The van der Waals surface area contributed by atoms with E-state index in [1.807, 2.05) is 6.92 Å². The highest BCUT2D eigenvalue weighted by Gasteiger charge is 2.61. The van der Waals surface area contributed by atoms with Crippen molar-refractivity contribution in [2.24, 2.45) is 17.3 Å². The fourth-order valence-electron chi connectivity index (χ4n) is 7.26. The molecule has 2 amide bonds. The molecule has 0 aliphatic carbocycles. The summed E-state index contributed by atoms with van der Waals surface area (Å²) in [5.41, 5.74) is -0.507. The van der Waals surface area contributed by atoms with Crippen molar-refractivity contribution in [1.29, 1.82) is 0 Å². The molecule has 0 spiro atoms. The average molecular weight is 669 g/mol. The normalized spacial score (nSPS) is 24.9. The van der Waals surface area contributed by atoms with Crippen LogP contribution in [-0.2, 0) is 33.1 Å². The van der Waals surface area contributed by atoms with E-state index >= 15 is 0 Å². The molecule has 0 radical (unpaired) electrons. The molecule has 5 atom stereocenters. The molecule has 0 bridgehead atoms. The minimum Gasteiger partial charge on any atom is -0.427 e. The number of carbonyl (C=O) groups is 4. The third-order valence-electron chi connectivity index (χ3n) is 10.6. The lowest BCUT2D eigenvalue weighted by Crippen LogP contribution is -2.65. The first-order valence-electron chi connectivity index (χ1n) is 16.7. The highest BCUT2D eigenvalue weighted by molar-refractivity contribution is 8.03. The first kappa shape index (κ1) is 36.8. The Kier molecular flexibility index (Phi) is 12.1. The Bertz CT molecular complexity index is 1120. The predicted octanol–water partition coefficient (Wildman–Crippen LogP) is 6.51. The van der Waals surface area contributed by atoms with E-state index in [4.69, 9.17) is 13.9 Å². The summed E-state index contributed by atoms with van der Waals surface area (Å²) < 4.78 is 19.6. The minimum atomic E-state index is -1.96. The molecular formula is C32H56N2O7SSi2. The van der Waals surface area contributed by atoms with Gasteiger partial charge in [0.2, 0.25) is 18.6 Å². The molecule has 0 aromatic rings. The molecule has 44 heavy (non-hydrogen) atoms. The fraction of sp³-hybridized carbons (Fsp3) is 0.812. The fourth-order valence-corrected chi connectivity index (χ4v) is 15.7. The second-order valence-corrected chi connectivity index (χ2v) is 24.9. The van der Waals surface area contributed by atoms with Crippen LogP contribution in [0.3, 0.4) is 0 Å². The Morgan fingerprint density at radius 1 is 0.955 bits per heavy atom. The maximum Gasteiger partial charge on any atom is 0.358 e. The van der Waals surface area contributed by atoms with Gasteiger partial charge in [-0.25, -0.2) is 4.79 Å². The SMILES string of the molecule is CC[Si](CC)(CC)O[C@H](C)[C@H]1C(=O)N2C(C(=O)OCOC(=O)C(C)(C)C)=C(S[C@@H]3CC(=O)N([Si](CC)(CC)CC)C3)[C@H](C)[C@H]12. The van der Waals surface area contributed by atoms with Crippen LogP contribution in [0.5, 0.6) is 0 Å². The van der Waals surface area contributed by atoms with Crippen LogP contribution < -0.4 is 0 Å². The zero-order valence-electron chi connectivity index (χ0n) is 28.9. The van der Waals surface area contributed by atoms with Gasteiger partial charge in [-0.15, -0.1) is 11.8 Å². The van der Waals surface area contributed by atoms with Crippen LogP contribution in [0.1, 0.15) is 82.6 Å². The zero-order valence-corrected chi connectivity index (χ0v) is 31.7. The van der Waals surface area contributed by atoms with Gasteiger partial charge in [0.25, 0.3) is 0 Å². The lowest BCUT2D eigenvalue weighted by molar-refractivity contribution is -0.175. The lowest BCUT2D eigenvalue weighted by atomic mass is 9.79. The molecule has 0 N–H and O–H groups in total. The highest BCUT2D eigenvalue weighted by Crippen LogP contribution is 2.53. The summed E-state index contributed by atoms with van der Waals surface area (Å²) in [6.45, 7) is 22.5. The standard InChI is InChI=1S/C32H56N2O7SSi2/c1-12-43(13-2,14-3)33-19-23(18-24(33)35)42-28-21(7)26-25(22(8)41-44(15-4,16-5)17-6)29(36)34(26)27(28)30(37)39-20-40-31(38)32(9,10)11/h21-23,25-26H,12-20H2,1-11H3/t21-,22-,23-,25-,26-/m1/s1. The van der Waals surface area contributed by atoms with Crippen molar-refractivity contribution in [3.63, 3.8) is 0 Å². The maximum absolute atomic E-state index is 13.8. The summed E-state index contributed by atoms with van der Waals surface area (Å²) in [5.74, 6) is -1.57. The van der Waals surface area contributed by atoms with Gasteiger partial charge in [-0.1, -0.05) is 48.5 Å². The summed E-state index contributed by atoms with van der Waals surface area (Å²) in [6.07, 6.45) is 0.154. The van der Waals surface area contributed by atoms with Crippen LogP contribution in [0.4, 0.5) is 0 Å². The molecule has 0 saturated carbocycles. The molecule has 12 heteroatoms. The van der Waals surface area contributed by atoms with E-state index in [1.54, 1.807) is 37.4 Å². The largest absolute Gasteiger partial charge is 0.427 e. The van der Waals surface area contributed by atoms with Gasteiger partial charge in [-0.05, 0) is 64.0 Å². The third-order valence-corrected chi connectivity index (χ3v) is 22.3. The topological polar surface area (TPSA) is 102 Å². The van der Waals surface area contributed by atoms with Gasteiger partial charge in [0.1, 0.15) is 5.70 Å². The van der Waals surface area contributed by atoms with Gasteiger partial charge in [-0.2, -0.15) is 0 Å². The molecule has 3 heterocycles. The Morgan fingerprint density at radius 3 is 2.02 bits per heavy atom. The Balaban J connectivity index is 1.90. The number of carbonyl (C=O) groups excluding carboxylic acids is 4. The van der Waals surface area contributed by atoms with Crippen LogP contribution in [-0.4, -0.2) is 80.5 Å². The van der Waals surface area contributed by atoms with Crippen molar-refractivity contribution >= 4 is 52.1 Å². The third kappa shape index (κ3) is 6.88. The summed E-state index contributed by atoms with van der Waals surface area (Å²) in [7, 11) is -3.86. The van der Waals surface area contributed by atoms with E-state index in [1.165, 1.54) is 0 Å². The number of ether oxygens (including phenoxy) is 2. The van der Waals surface area contributed by atoms with Crippen molar-refractivity contribution in [3.05, 3.63) is 10.6 Å². The van der Waals surface area contributed by atoms with Crippen LogP contribution >= 0.6 is 11.8 Å². The van der Waals surface area contributed by atoms with Gasteiger partial charge in [0.15, 0.2) is 16.6 Å². The number of rotatable bonds is 15. The van der Waals surface area contributed by atoms with Crippen molar-refractivity contribution < 1.29 is 33.1 Å². The second kappa shape index (κ2) is 14.4. The van der Waals surface area contributed by atoms with E-state index in [0.717, 1.165) is 41.2 Å². The smallest absolute Gasteiger partial charge is 0.358 e. The number of nitrogens with zero attached hydrogens (tertiary/aromatic N) is 2. The van der Waals surface area contributed by atoms with E-state index in [2.05, 4.69) is 53.0 Å². The quantitative estimate of drug-likeness (QED) is 0.0842. The molecule has 0 aromatic carbocycles. The van der Waals surface area contributed by atoms with Gasteiger partial charge in [0.05, 0.1) is 23.5 Å². The minimum absolute atomic E-state index is 0.0146. The molecule has 9 nitrogen and oxygen atoms in total. The summed E-state index contributed by atoms with van der Waals surface area (Å²) in [5, 5.41) is -0.0146. The molecular weight excluding hydrogens is 613 g/mol. The second-order valence-electron chi connectivity index (χ2n) is 13.8. The average Bonchev–Trinajstić information content (AvgIpc) is 3.47. The van der Waals surface area contributed by atoms with E-state index in [0.29, 0.717) is 13.0 Å². The van der Waals surface area contributed by atoms with Gasteiger partial charge < -0.3 is 23.4 Å². The Hall–Kier alpha value is -1.64. The van der Waals surface area contributed by atoms with Gasteiger partial charge in [0, 0.05) is 29.0 Å². The summed E-state index contributed by atoms with van der Waals surface area (Å²) >= 11 is 1.55. The van der Waals surface area contributed by atoms with Crippen molar-refractivity contribution in [1.82, 2.24) is 9.47 Å². The predicted molar refractivity (Wildman–Crippen MR) is 179 cm³/mol. The Labute approximate surface area is 271 Å². The van der Waals surface area contributed by atoms with Gasteiger partial charge >= 0.3 is 11.9 Å². The van der Waals surface area contributed by atoms with Crippen LogP contribution in [0, 0.1) is 17.3 Å². The monoisotopic (exact) mass is 668 g/mol. The number of β-lactam (4-membered cyclic amide) rings is 1. The highest BCUT2D eigenvalue weighted by atomic mass is 32.2. The molecule has 2 saturated heterocycles. The van der Waals surface area contributed by atoms with Gasteiger partial charge in [-0.3, -0.25) is 14.4 Å². The van der Waals surface area contributed by atoms with E-state index in [9.17, 15) is 19.2 Å². The van der Waals surface area contributed by atoms with Crippen LogP contribution in [0.15, 0.2) is 10.6 Å². The number of esters is 2. The van der Waals surface area contributed by atoms with Crippen LogP contribution in [0.2, 0.25) is 36.3 Å². The number of hydrogen-bond donors (Lipinski definition) is 0. The molecule has 0 aromatic heterocycles. The molecule has 3 aliphatic rings. The molecule has 2 fully saturated rings. The lowest BCUT2D eigenvalue weighted by Gasteiger charge is -2.49. The molecule has 0 unspecified atom stereocenters. The maximum atomic E-state index is 13.8. The molecule has 3 aliphatic heterocycles. The number of hydrogen-bond acceptors (Lipinski definition) is 8. The first-order chi connectivity index (χ1) is 20.6.